The predicted molar refractivity (Wildman–Crippen MR) is 100 cm³/mol. The number of rotatable bonds is 7. The topological polar surface area (TPSA) is 47.6 Å². The van der Waals surface area contributed by atoms with Gasteiger partial charge in [-0.2, -0.15) is 13.2 Å². The average Bonchev–Trinajstić information content (AvgIpc) is 2.64. The maximum absolute atomic E-state index is 13.7. The van der Waals surface area contributed by atoms with Gasteiger partial charge >= 0.3 is 12.1 Å². The van der Waals surface area contributed by atoms with Crippen molar-refractivity contribution in [3.8, 4) is 0 Å². The van der Waals surface area contributed by atoms with E-state index in [1.54, 1.807) is 13.8 Å². The maximum atomic E-state index is 13.7. The van der Waals surface area contributed by atoms with Crippen LogP contribution in [0.4, 0.5) is 17.6 Å². The van der Waals surface area contributed by atoms with Gasteiger partial charge in [-0.05, 0) is 43.5 Å². The number of allylic oxidation sites excluding steroid dienone is 2. The molecule has 0 saturated heterocycles. The molecule has 0 saturated carbocycles. The van der Waals surface area contributed by atoms with Crippen LogP contribution < -0.4 is 5.32 Å². The van der Waals surface area contributed by atoms with E-state index in [1.807, 2.05) is 6.92 Å². The van der Waals surface area contributed by atoms with Gasteiger partial charge in [-0.25, -0.2) is 9.18 Å². The fourth-order valence-electron chi connectivity index (χ4n) is 3.30. The van der Waals surface area contributed by atoms with Crippen molar-refractivity contribution in [1.29, 1.82) is 0 Å². The molecule has 1 heterocycles. The summed E-state index contributed by atoms with van der Waals surface area (Å²) in [6.07, 6.45) is -3.35. The molecule has 8 heteroatoms. The number of esters is 1. The van der Waals surface area contributed by atoms with Crippen LogP contribution >= 0.6 is 0 Å². The summed E-state index contributed by atoms with van der Waals surface area (Å²) in [6.45, 7) is 5.41. The molecule has 4 nitrogen and oxygen atoms in total. The number of carbonyl (C=O) groups excluding carboxylic acids is 1. The molecule has 0 radical (unpaired) electrons. The molecule has 1 aliphatic heterocycles. The van der Waals surface area contributed by atoms with Crippen LogP contribution in [0, 0.1) is 5.82 Å². The van der Waals surface area contributed by atoms with Crippen molar-refractivity contribution in [2.45, 2.75) is 45.7 Å². The van der Waals surface area contributed by atoms with Gasteiger partial charge in [-0.1, -0.05) is 19.4 Å². The van der Waals surface area contributed by atoms with Gasteiger partial charge in [0.05, 0.1) is 30.0 Å². The number of alkyl halides is 3. The summed E-state index contributed by atoms with van der Waals surface area (Å²) in [5.74, 6) is -2.75. The van der Waals surface area contributed by atoms with Gasteiger partial charge in [-0.3, -0.25) is 0 Å². The van der Waals surface area contributed by atoms with E-state index in [9.17, 15) is 22.4 Å². The minimum atomic E-state index is -4.78. The van der Waals surface area contributed by atoms with Crippen LogP contribution in [0.2, 0.25) is 0 Å². The molecule has 0 aliphatic carbocycles. The Balaban J connectivity index is 2.67. The monoisotopic (exact) mass is 415 g/mol. The van der Waals surface area contributed by atoms with Crippen molar-refractivity contribution in [2.75, 3.05) is 20.3 Å². The summed E-state index contributed by atoms with van der Waals surface area (Å²) in [5, 5.41) is 3.04. The highest BCUT2D eigenvalue weighted by Gasteiger charge is 2.40. The van der Waals surface area contributed by atoms with E-state index in [2.05, 4.69) is 5.32 Å². The lowest BCUT2D eigenvalue weighted by atomic mass is 9.79. The SMILES string of the molecule is CCCCOC(=O)C1=C(COC)NC(C)=C(C)C1c1ccc(F)cc1C(F)(F)F. The Morgan fingerprint density at radius 3 is 2.52 bits per heavy atom. The van der Waals surface area contributed by atoms with Crippen molar-refractivity contribution in [3.05, 3.63) is 57.7 Å². The lowest BCUT2D eigenvalue weighted by molar-refractivity contribution is -0.141. The molecule has 0 bridgehead atoms. The number of halogens is 4. The summed E-state index contributed by atoms with van der Waals surface area (Å²) in [7, 11) is 1.42. The molecule has 2 rings (SSSR count). The highest BCUT2D eigenvalue weighted by atomic mass is 19.4. The second kappa shape index (κ2) is 9.43. The molecule has 1 aliphatic rings. The minimum absolute atomic E-state index is 0.0120. The highest BCUT2D eigenvalue weighted by Crippen LogP contribution is 2.44. The Morgan fingerprint density at radius 2 is 1.93 bits per heavy atom. The molecule has 0 aromatic heterocycles. The quantitative estimate of drug-likeness (QED) is 0.384. The van der Waals surface area contributed by atoms with Crippen LogP contribution in [-0.2, 0) is 20.4 Å². The van der Waals surface area contributed by atoms with Crippen molar-refractivity contribution in [1.82, 2.24) is 5.32 Å². The van der Waals surface area contributed by atoms with Crippen molar-refractivity contribution in [2.24, 2.45) is 0 Å². The number of benzene rings is 1. The number of hydrogen-bond acceptors (Lipinski definition) is 4. The van der Waals surface area contributed by atoms with Crippen LogP contribution in [0.3, 0.4) is 0 Å². The third-order valence-corrected chi connectivity index (χ3v) is 4.85. The average molecular weight is 415 g/mol. The predicted octanol–water partition coefficient (Wildman–Crippen LogP) is 5.07. The second-order valence-electron chi connectivity index (χ2n) is 6.91. The fraction of sp³-hybridized carbons (Fsp3) is 0.476. The first kappa shape index (κ1) is 22.9. The molecule has 1 atom stereocenters. The molecule has 1 unspecified atom stereocenters. The Labute approximate surface area is 167 Å². The lowest BCUT2D eigenvalue weighted by Gasteiger charge is -2.32. The maximum Gasteiger partial charge on any atom is 0.416 e. The fourth-order valence-corrected chi connectivity index (χ4v) is 3.30. The third kappa shape index (κ3) is 5.18. The number of unbranched alkanes of at least 4 members (excludes halogenated alkanes) is 1. The van der Waals surface area contributed by atoms with Gasteiger partial charge in [0.1, 0.15) is 5.82 Å². The van der Waals surface area contributed by atoms with E-state index in [4.69, 9.17) is 9.47 Å². The minimum Gasteiger partial charge on any atom is -0.462 e. The Morgan fingerprint density at radius 1 is 1.24 bits per heavy atom. The molecule has 0 spiro atoms. The molecule has 1 N–H and O–H groups in total. The van der Waals surface area contributed by atoms with Crippen molar-refractivity contribution in [3.63, 3.8) is 0 Å². The van der Waals surface area contributed by atoms with E-state index in [1.165, 1.54) is 7.11 Å². The van der Waals surface area contributed by atoms with Crippen LogP contribution in [0.1, 0.15) is 50.7 Å². The zero-order valence-corrected chi connectivity index (χ0v) is 16.9. The first-order valence-corrected chi connectivity index (χ1v) is 9.31. The number of carbonyl (C=O) groups is 1. The zero-order chi connectivity index (χ0) is 21.8. The summed E-state index contributed by atoms with van der Waals surface area (Å²) in [4.78, 5) is 12.9. The number of dihydropyridines is 1. The largest absolute Gasteiger partial charge is 0.462 e. The van der Waals surface area contributed by atoms with E-state index >= 15 is 0 Å². The van der Waals surface area contributed by atoms with Gasteiger partial charge in [0, 0.05) is 18.7 Å². The van der Waals surface area contributed by atoms with Crippen LogP contribution in [0.15, 0.2) is 40.7 Å². The number of nitrogens with one attached hydrogen (secondary N) is 1. The molecule has 29 heavy (non-hydrogen) atoms. The Hall–Kier alpha value is -2.35. The highest BCUT2D eigenvalue weighted by molar-refractivity contribution is 5.93. The molecule has 1 aromatic rings. The van der Waals surface area contributed by atoms with Crippen LogP contribution in [-0.4, -0.2) is 26.3 Å². The Kier molecular flexibility index (Phi) is 7.46. The van der Waals surface area contributed by atoms with Gasteiger partial charge in [0.25, 0.3) is 0 Å². The van der Waals surface area contributed by atoms with Crippen molar-refractivity contribution >= 4 is 5.97 Å². The summed E-state index contributed by atoms with van der Waals surface area (Å²) in [6, 6.07) is 2.50. The van der Waals surface area contributed by atoms with E-state index in [0.717, 1.165) is 18.6 Å². The number of hydrogen-bond donors (Lipinski definition) is 1. The van der Waals surface area contributed by atoms with Gasteiger partial charge in [0.15, 0.2) is 0 Å². The second-order valence-corrected chi connectivity index (χ2v) is 6.91. The third-order valence-electron chi connectivity index (χ3n) is 4.85. The molecule has 160 valence electrons. The normalized spacial score (nSPS) is 17.4. The van der Waals surface area contributed by atoms with E-state index in [-0.39, 0.29) is 24.4 Å². The first-order valence-electron chi connectivity index (χ1n) is 9.31. The summed E-state index contributed by atoms with van der Waals surface area (Å²) >= 11 is 0. The number of methoxy groups -OCH3 is 1. The molecular weight excluding hydrogens is 390 g/mol. The smallest absolute Gasteiger partial charge is 0.416 e. The van der Waals surface area contributed by atoms with Crippen LogP contribution in [0.25, 0.3) is 0 Å². The van der Waals surface area contributed by atoms with E-state index in [0.29, 0.717) is 29.5 Å². The molecule has 1 aromatic carbocycles. The molecule has 0 amide bonds. The number of ether oxygens (including phenoxy) is 2. The molecular formula is C21H25F4NO3. The van der Waals surface area contributed by atoms with Gasteiger partial charge < -0.3 is 14.8 Å². The standard InChI is InChI=1S/C21H25F4NO3/c1-5-6-9-29-20(27)19-17(11-28-4)26-13(3)12(2)18(19)15-8-7-14(22)10-16(15)21(23,24)25/h7-8,10,18,26H,5-6,9,11H2,1-4H3. The van der Waals surface area contributed by atoms with Crippen molar-refractivity contribution < 1.29 is 31.8 Å². The van der Waals surface area contributed by atoms with E-state index < -0.39 is 29.4 Å². The lowest BCUT2D eigenvalue weighted by Crippen LogP contribution is -2.32. The van der Waals surface area contributed by atoms with Gasteiger partial charge in [-0.15, -0.1) is 0 Å². The van der Waals surface area contributed by atoms with Gasteiger partial charge in [0.2, 0.25) is 0 Å². The summed E-state index contributed by atoms with van der Waals surface area (Å²) in [5.41, 5.74) is 0.178. The Bertz CT molecular complexity index is 828. The zero-order valence-electron chi connectivity index (χ0n) is 16.9. The van der Waals surface area contributed by atoms with Crippen LogP contribution in [0.5, 0.6) is 0 Å². The molecule has 0 fully saturated rings. The first-order chi connectivity index (χ1) is 13.6. The summed E-state index contributed by atoms with van der Waals surface area (Å²) < 4.78 is 65.1.